The summed E-state index contributed by atoms with van der Waals surface area (Å²) in [5.41, 5.74) is 0.599. The van der Waals surface area contributed by atoms with Crippen LogP contribution in [0.15, 0.2) is 52.0 Å². The predicted molar refractivity (Wildman–Crippen MR) is 126 cm³/mol. The van der Waals surface area contributed by atoms with Crippen LogP contribution in [-0.2, 0) is 10.2 Å². The first-order valence-electron chi connectivity index (χ1n) is 12.0. The van der Waals surface area contributed by atoms with Crippen molar-refractivity contribution in [1.29, 1.82) is 0 Å². The average Bonchev–Trinajstić information content (AvgIpc) is 3.41. The van der Waals surface area contributed by atoms with Crippen molar-refractivity contribution in [3.8, 4) is 11.6 Å². The zero-order valence-corrected chi connectivity index (χ0v) is 19.6. The van der Waals surface area contributed by atoms with E-state index in [1.807, 2.05) is 23.1 Å². The molecule has 10 heteroatoms. The Morgan fingerprint density at radius 1 is 1.06 bits per heavy atom. The largest absolute Gasteiger partial charge is 0.342 e. The van der Waals surface area contributed by atoms with Crippen LogP contribution in [0.5, 0.6) is 0 Å². The molecule has 0 bridgehead atoms. The molecule has 2 saturated heterocycles. The van der Waals surface area contributed by atoms with E-state index in [0.29, 0.717) is 62.0 Å². The second kappa shape index (κ2) is 9.44. The molecule has 0 spiro atoms. The van der Waals surface area contributed by atoms with Crippen LogP contribution in [0.2, 0.25) is 0 Å². The van der Waals surface area contributed by atoms with E-state index < -0.39 is 0 Å². The number of H-pyrrole nitrogens is 1. The molecule has 3 aromatic rings. The fourth-order valence-corrected chi connectivity index (χ4v) is 4.82. The van der Waals surface area contributed by atoms with Crippen molar-refractivity contribution in [2.24, 2.45) is 5.92 Å². The number of hydrogen-bond acceptors (Lipinski definition) is 7. The van der Waals surface area contributed by atoms with E-state index in [9.17, 15) is 14.4 Å². The molecule has 2 aliphatic heterocycles. The van der Waals surface area contributed by atoms with Crippen LogP contribution in [0, 0.1) is 5.92 Å². The molecule has 2 aliphatic rings. The molecule has 182 valence electrons. The number of carbonyl (C=O) groups excluding carboxylic acids is 2. The lowest BCUT2D eigenvalue weighted by atomic mass is 9.79. The standard InChI is InChI=1S/C25H28N6O4/c1-25(24-28-21(35-29-24)19-4-2-3-11-26-19)9-14-31(15-10-25)22(33)17-7-12-30(13-8-17)23(34)18-5-6-20(32)27-16-18/h2-6,11,16-17H,7-10,12-15H2,1H3,(H,27,32). The van der Waals surface area contributed by atoms with Gasteiger partial charge in [-0.15, -0.1) is 0 Å². The quantitative estimate of drug-likeness (QED) is 0.612. The third kappa shape index (κ3) is 4.73. The second-order valence-corrected chi connectivity index (χ2v) is 9.53. The smallest absolute Gasteiger partial charge is 0.276 e. The third-order valence-corrected chi connectivity index (χ3v) is 7.19. The summed E-state index contributed by atoms with van der Waals surface area (Å²) >= 11 is 0. The number of nitrogens with zero attached hydrogens (tertiary/aromatic N) is 5. The molecule has 5 rings (SSSR count). The van der Waals surface area contributed by atoms with Gasteiger partial charge >= 0.3 is 0 Å². The van der Waals surface area contributed by atoms with Gasteiger partial charge in [0, 0.05) is 56.0 Å². The topological polar surface area (TPSA) is 125 Å². The zero-order valence-electron chi connectivity index (χ0n) is 19.6. The Bertz CT molecular complexity index is 1230. The Labute approximate surface area is 202 Å². The van der Waals surface area contributed by atoms with Gasteiger partial charge in [0.15, 0.2) is 5.82 Å². The van der Waals surface area contributed by atoms with E-state index in [1.165, 1.54) is 18.3 Å². The van der Waals surface area contributed by atoms with E-state index in [2.05, 4.69) is 27.0 Å². The van der Waals surface area contributed by atoms with Crippen molar-refractivity contribution in [3.63, 3.8) is 0 Å². The molecule has 0 atom stereocenters. The maximum Gasteiger partial charge on any atom is 0.276 e. The van der Waals surface area contributed by atoms with Gasteiger partial charge < -0.3 is 19.3 Å². The summed E-state index contributed by atoms with van der Waals surface area (Å²) in [6, 6.07) is 8.43. The van der Waals surface area contributed by atoms with E-state index >= 15 is 0 Å². The maximum atomic E-state index is 13.2. The number of aromatic nitrogens is 4. The summed E-state index contributed by atoms with van der Waals surface area (Å²) in [7, 11) is 0. The number of pyridine rings is 2. The van der Waals surface area contributed by atoms with E-state index in [4.69, 9.17) is 4.52 Å². The molecule has 0 aliphatic carbocycles. The molecule has 0 radical (unpaired) electrons. The Kier molecular flexibility index (Phi) is 6.19. The Hall–Kier alpha value is -3.82. The SMILES string of the molecule is CC1(c2noc(-c3ccccn3)n2)CCN(C(=O)C2CCN(C(=O)c3ccc(=O)[nH]c3)CC2)CC1. The van der Waals surface area contributed by atoms with Gasteiger partial charge in [0.05, 0.1) is 5.56 Å². The fraction of sp³-hybridized carbons (Fsp3) is 0.440. The normalized spacial score (nSPS) is 18.4. The monoisotopic (exact) mass is 476 g/mol. The van der Waals surface area contributed by atoms with Crippen molar-refractivity contribution in [2.45, 2.75) is 38.0 Å². The van der Waals surface area contributed by atoms with Gasteiger partial charge in [-0.05, 0) is 43.9 Å². The minimum absolute atomic E-state index is 0.0834. The molecular formula is C25H28N6O4. The lowest BCUT2D eigenvalue weighted by Crippen LogP contribution is -2.49. The summed E-state index contributed by atoms with van der Waals surface area (Å²) in [4.78, 5) is 52.2. The van der Waals surface area contributed by atoms with Crippen molar-refractivity contribution in [2.75, 3.05) is 26.2 Å². The highest BCUT2D eigenvalue weighted by atomic mass is 16.5. The molecule has 0 saturated carbocycles. The van der Waals surface area contributed by atoms with Crippen LogP contribution in [0.1, 0.15) is 48.8 Å². The summed E-state index contributed by atoms with van der Waals surface area (Å²) in [5, 5.41) is 4.22. The average molecular weight is 477 g/mol. The molecular weight excluding hydrogens is 448 g/mol. The number of rotatable bonds is 4. The molecule has 5 heterocycles. The Morgan fingerprint density at radius 2 is 1.83 bits per heavy atom. The third-order valence-electron chi connectivity index (χ3n) is 7.19. The molecule has 0 aromatic carbocycles. The lowest BCUT2D eigenvalue weighted by molar-refractivity contribution is -0.138. The molecule has 2 amide bonds. The van der Waals surface area contributed by atoms with Crippen LogP contribution in [0.25, 0.3) is 11.6 Å². The summed E-state index contributed by atoms with van der Waals surface area (Å²) in [5.74, 6) is 1.01. The van der Waals surface area contributed by atoms with Crippen LogP contribution in [-0.4, -0.2) is 67.9 Å². The fourth-order valence-electron chi connectivity index (χ4n) is 4.82. The Balaban J connectivity index is 1.15. The van der Waals surface area contributed by atoms with Gasteiger partial charge in [0.2, 0.25) is 11.5 Å². The first-order chi connectivity index (χ1) is 16.9. The molecule has 2 fully saturated rings. The second-order valence-electron chi connectivity index (χ2n) is 9.53. The highest BCUT2D eigenvalue weighted by Gasteiger charge is 2.39. The van der Waals surface area contributed by atoms with Gasteiger partial charge in [0.1, 0.15) is 5.69 Å². The molecule has 10 nitrogen and oxygen atoms in total. The number of aromatic amines is 1. The van der Waals surface area contributed by atoms with Crippen molar-refractivity contribution in [3.05, 3.63) is 64.5 Å². The molecule has 1 N–H and O–H groups in total. The number of amides is 2. The van der Waals surface area contributed by atoms with Crippen molar-refractivity contribution < 1.29 is 14.1 Å². The number of carbonyl (C=O) groups is 2. The van der Waals surface area contributed by atoms with Crippen molar-refractivity contribution in [1.82, 2.24) is 29.9 Å². The Morgan fingerprint density at radius 3 is 2.49 bits per heavy atom. The van der Waals surface area contributed by atoms with Crippen LogP contribution < -0.4 is 5.56 Å². The molecule has 0 unspecified atom stereocenters. The maximum absolute atomic E-state index is 13.2. The van der Waals surface area contributed by atoms with E-state index in [1.54, 1.807) is 11.1 Å². The minimum Gasteiger partial charge on any atom is -0.342 e. The first kappa shape index (κ1) is 22.9. The number of hydrogen-bond donors (Lipinski definition) is 1. The van der Waals surface area contributed by atoms with Crippen LogP contribution in [0.4, 0.5) is 0 Å². The number of piperidine rings is 2. The zero-order chi connectivity index (χ0) is 24.4. The van der Waals surface area contributed by atoms with Gasteiger partial charge in [-0.2, -0.15) is 4.98 Å². The van der Waals surface area contributed by atoms with Gasteiger partial charge in [-0.25, -0.2) is 0 Å². The van der Waals surface area contributed by atoms with E-state index in [-0.39, 0.29) is 28.7 Å². The summed E-state index contributed by atoms with van der Waals surface area (Å²) < 4.78 is 5.45. The van der Waals surface area contributed by atoms with Crippen LogP contribution >= 0.6 is 0 Å². The molecule has 3 aromatic heterocycles. The van der Waals surface area contributed by atoms with Gasteiger partial charge in [-0.1, -0.05) is 18.1 Å². The van der Waals surface area contributed by atoms with E-state index in [0.717, 1.165) is 12.8 Å². The molecule has 35 heavy (non-hydrogen) atoms. The lowest BCUT2D eigenvalue weighted by Gasteiger charge is -2.40. The minimum atomic E-state index is -0.264. The summed E-state index contributed by atoms with van der Waals surface area (Å²) in [6.45, 7) is 4.44. The number of likely N-dealkylation sites (tertiary alicyclic amines) is 2. The highest BCUT2D eigenvalue weighted by Crippen LogP contribution is 2.35. The number of nitrogens with one attached hydrogen (secondary N) is 1. The predicted octanol–water partition coefficient (Wildman–Crippen LogP) is 2.25. The summed E-state index contributed by atoms with van der Waals surface area (Å²) in [6.07, 6.45) is 5.91. The first-order valence-corrected chi connectivity index (χ1v) is 12.0. The van der Waals surface area contributed by atoms with Gasteiger partial charge in [-0.3, -0.25) is 19.4 Å². The van der Waals surface area contributed by atoms with Gasteiger partial charge in [0.25, 0.3) is 11.8 Å². The highest BCUT2D eigenvalue weighted by molar-refractivity contribution is 5.94. The van der Waals surface area contributed by atoms with Crippen molar-refractivity contribution >= 4 is 11.8 Å². The van der Waals surface area contributed by atoms with Crippen LogP contribution in [0.3, 0.4) is 0 Å².